The maximum atomic E-state index is 9.90. The lowest BCUT2D eigenvalue weighted by Gasteiger charge is -2.40. The molecule has 1 aromatic rings. The third-order valence-electron chi connectivity index (χ3n) is 3.39. The summed E-state index contributed by atoms with van der Waals surface area (Å²) in [4.78, 5) is 0. The maximum absolute atomic E-state index is 9.90. The van der Waals surface area contributed by atoms with Crippen molar-refractivity contribution in [3.63, 3.8) is 0 Å². The van der Waals surface area contributed by atoms with Gasteiger partial charge in [-0.15, -0.1) is 0 Å². The normalized spacial score (nSPS) is 33.8. The van der Waals surface area contributed by atoms with E-state index in [1.807, 2.05) is 0 Å². The summed E-state index contributed by atoms with van der Waals surface area (Å²) in [7, 11) is 1.33. The molecule has 9 heteroatoms. The minimum absolute atomic E-state index is 0.225. The second kappa shape index (κ2) is 7.49. The molecule has 1 aliphatic rings. The summed E-state index contributed by atoms with van der Waals surface area (Å²) in [6.45, 7) is -0.853. The average Bonchev–Trinajstić information content (AvgIpc) is 3.01. The average molecular weight is 320 g/mol. The Balaban J connectivity index is 2.09. The highest BCUT2D eigenvalue weighted by molar-refractivity contribution is 5.07. The van der Waals surface area contributed by atoms with Crippen LogP contribution in [0, 0.1) is 0 Å². The summed E-state index contributed by atoms with van der Waals surface area (Å²) in [5.74, 6) is 0.526. The molecule has 6 atom stereocenters. The first kappa shape index (κ1) is 17.3. The van der Waals surface area contributed by atoms with Gasteiger partial charge in [0.25, 0.3) is 0 Å². The van der Waals surface area contributed by atoms with Gasteiger partial charge in [-0.2, -0.15) is 0 Å². The molecule has 0 spiro atoms. The topological polar surface area (TPSA) is 142 Å². The Hall–Kier alpha value is -1.04. The van der Waals surface area contributed by atoms with E-state index in [1.54, 1.807) is 0 Å². The number of aliphatic hydroxyl groups excluding tert-OH is 5. The van der Waals surface area contributed by atoms with Crippen LogP contribution in [-0.2, 0) is 20.8 Å². The van der Waals surface area contributed by atoms with Gasteiger partial charge in [0, 0.05) is 7.11 Å². The molecule has 1 saturated heterocycles. The van der Waals surface area contributed by atoms with Crippen LogP contribution < -0.4 is 0 Å². The van der Waals surface area contributed by atoms with Crippen LogP contribution in [0.15, 0.2) is 16.5 Å². The number of methoxy groups -OCH3 is 1. The van der Waals surface area contributed by atoms with E-state index in [1.165, 1.54) is 19.2 Å². The molecular formula is C13H20O9. The minimum Gasteiger partial charge on any atom is -0.458 e. The molecule has 2 heterocycles. The van der Waals surface area contributed by atoms with E-state index in [0.29, 0.717) is 5.76 Å². The quantitative estimate of drug-likeness (QED) is 0.385. The lowest BCUT2D eigenvalue weighted by Crippen LogP contribution is -2.59. The zero-order valence-electron chi connectivity index (χ0n) is 11.9. The summed E-state index contributed by atoms with van der Waals surface area (Å²) in [6.07, 6.45) is -8.04. The van der Waals surface area contributed by atoms with Gasteiger partial charge in [0.1, 0.15) is 36.8 Å². The van der Waals surface area contributed by atoms with Crippen LogP contribution in [0.3, 0.4) is 0 Å². The standard InChI is InChI=1S/C13H20O9/c1-19-12(7-3-2-6(4-14)20-7)22-13-11(18)10(17)9(16)8(5-15)21-13/h2-3,8-18H,4-5H2,1H3/t8-,9-,10-,11-,12-,13+/m1/s1. The maximum Gasteiger partial charge on any atom is 0.219 e. The Morgan fingerprint density at radius 2 is 1.86 bits per heavy atom. The first-order chi connectivity index (χ1) is 10.5. The van der Waals surface area contributed by atoms with E-state index in [9.17, 15) is 15.3 Å². The lowest BCUT2D eigenvalue weighted by atomic mass is 9.99. The molecule has 0 bridgehead atoms. The van der Waals surface area contributed by atoms with Gasteiger partial charge in [0.05, 0.1) is 6.61 Å². The predicted molar refractivity (Wildman–Crippen MR) is 69.2 cm³/mol. The number of hydrogen-bond donors (Lipinski definition) is 5. The fraction of sp³-hybridized carbons (Fsp3) is 0.692. The van der Waals surface area contributed by atoms with Crippen molar-refractivity contribution in [2.75, 3.05) is 13.7 Å². The molecule has 0 aromatic carbocycles. The Kier molecular flexibility index (Phi) is 5.89. The molecule has 0 radical (unpaired) electrons. The van der Waals surface area contributed by atoms with E-state index in [0.717, 1.165) is 0 Å². The number of rotatable bonds is 6. The molecule has 0 aliphatic carbocycles. The van der Waals surface area contributed by atoms with Gasteiger partial charge < -0.3 is 44.2 Å². The van der Waals surface area contributed by atoms with E-state index in [4.69, 9.17) is 28.8 Å². The third-order valence-corrected chi connectivity index (χ3v) is 3.39. The zero-order valence-corrected chi connectivity index (χ0v) is 11.9. The van der Waals surface area contributed by atoms with E-state index >= 15 is 0 Å². The number of hydrogen-bond acceptors (Lipinski definition) is 9. The monoisotopic (exact) mass is 320 g/mol. The van der Waals surface area contributed by atoms with Gasteiger partial charge in [0.2, 0.25) is 6.29 Å². The van der Waals surface area contributed by atoms with Gasteiger partial charge in [-0.25, -0.2) is 0 Å². The molecule has 9 nitrogen and oxygen atoms in total. The Bertz CT molecular complexity index is 460. The van der Waals surface area contributed by atoms with E-state index in [-0.39, 0.29) is 12.4 Å². The lowest BCUT2D eigenvalue weighted by molar-refractivity contribution is -0.339. The molecule has 126 valence electrons. The number of furan rings is 1. The molecule has 0 amide bonds. The highest BCUT2D eigenvalue weighted by Gasteiger charge is 2.45. The van der Waals surface area contributed by atoms with Crippen LogP contribution in [0.4, 0.5) is 0 Å². The van der Waals surface area contributed by atoms with Gasteiger partial charge in [-0.1, -0.05) is 0 Å². The summed E-state index contributed by atoms with van der Waals surface area (Å²) < 4.78 is 21.0. The van der Waals surface area contributed by atoms with Gasteiger partial charge in [-0.3, -0.25) is 0 Å². The Labute approximate surface area is 126 Å². The summed E-state index contributed by atoms with van der Waals surface area (Å²) in [6, 6.07) is 3.04. The third kappa shape index (κ3) is 3.47. The van der Waals surface area contributed by atoms with E-state index in [2.05, 4.69) is 0 Å². The van der Waals surface area contributed by atoms with Crippen molar-refractivity contribution in [2.45, 2.75) is 43.6 Å². The first-order valence-electron chi connectivity index (χ1n) is 6.70. The fourth-order valence-electron chi connectivity index (χ4n) is 2.15. The number of ether oxygens (including phenoxy) is 3. The van der Waals surface area contributed by atoms with Crippen molar-refractivity contribution >= 4 is 0 Å². The van der Waals surface area contributed by atoms with Gasteiger partial charge in [-0.05, 0) is 12.1 Å². The Morgan fingerprint density at radius 1 is 1.14 bits per heavy atom. The largest absolute Gasteiger partial charge is 0.458 e. The van der Waals surface area contributed by atoms with Crippen molar-refractivity contribution in [1.29, 1.82) is 0 Å². The van der Waals surface area contributed by atoms with Crippen LogP contribution in [0.1, 0.15) is 17.8 Å². The molecule has 0 saturated carbocycles. The number of aliphatic hydroxyl groups is 5. The molecule has 22 heavy (non-hydrogen) atoms. The summed E-state index contributed by atoms with van der Waals surface area (Å²) in [5.41, 5.74) is 0. The first-order valence-corrected chi connectivity index (χ1v) is 6.70. The Morgan fingerprint density at radius 3 is 2.41 bits per heavy atom. The molecule has 0 unspecified atom stereocenters. The van der Waals surface area contributed by atoms with Crippen molar-refractivity contribution in [2.24, 2.45) is 0 Å². The van der Waals surface area contributed by atoms with Crippen LogP contribution in [-0.4, -0.2) is 70.0 Å². The summed E-state index contributed by atoms with van der Waals surface area (Å²) >= 11 is 0. The van der Waals surface area contributed by atoms with E-state index < -0.39 is 43.6 Å². The highest BCUT2D eigenvalue weighted by Crippen LogP contribution is 2.28. The van der Waals surface area contributed by atoms with Crippen LogP contribution >= 0.6 is 0 Å². The molecule has 1 aromatic heterocycles. The SMILES string of the molecule is CO[C@H](O[C@@H]1O[C@H](CO)[C@@H](O)[C@@H](O)[C@H]1O)c1ccc(CO)o1. The second-order valence-electron chi connectivity index (χ2n) is 4.86. The van der Waals surface area contributed by atoms with Crippen molar-refractivity contribution in [3.8, 4) is 0 Å². The second-order valence-corrected chi connectivity index (χ2v) is 4.86. The van der Waals surface area contributed by atoms with Crippen LogP contribution in [0.5, 0.6) is 0 Å². The predicted octanol–water partition coefficient (Wildman–Crippen LogP) is -1.77. The van der Waals surface area contributed by atoms with Gasteiger partial charge in [0.15, 0.2) is 12.1 Å². The highest BCUT2D eigenvalue weighted by atomic mass is 16.8. The van der Waals surface area contributed by atoms with Crippen molar-refractivity contribution in [1.82, 2.24) is 0 Å². The zero-order chi connectivity index (χ0) is 16.3. The fourth-order valence-corrected chi connectivity index (χ4v) is 2.15. The van der Waals surface area contributed by atoms with Crippen molar-refractivity contribution in [3.05, 3.63) is 23.7 Å². The molecule has 1 fully saturated rings. The van der Waals surface area contributed by atoms with Crippen LogP contribution in [0.2, 0.25) is 0 Å². The minimum atomic E-state index is -1.54. The molecule has 1 aliphatic heterocycles. The molecular weight excluding hydrogens is 300 g/mol. The van der Waals surface area contributed by atoms with Gasteiger partial charge >= 0.3 is 0 Å². The molecule has 2 rings (SSSR count). The van der Waals surface area contributed by atoms with Crippen molar-refractivity contribution < 1.29 is 44.2 Å². The molecule has 5 N–H and O–H groups in total. The van der Waals surface area contributed by atoms with Crippen LogP contribution in [0.25, 0.3) is 0 Å². The smallest absolute Gasteiger partial charge is 0.219 e. The summed E-state index contributed by atoms with van der Waals surface area (Å²) in [5, 5.41) is 47.4.